The Hall–Kier alpha value is -3.58. The molecule has 0 fully saturated rings. The van der Waals surface area contributed by atoms with Crippen molar-refractivity contribution in [2.75, 3.05) is 4.72 Å². The van der Waals surface area contributed by atoms with Crippen LogP contribution in [0.5, 0.6) is 0 Å². The van der Waals surface area contributed by atoms with Gasteiger partial charge < -0.3 is 4.98 Å². The van der Waals surface area contributed by atoms with Crippen LogP contribution in [0.25, 0.3) is 11.0 Å². The molecule has 0 amide bonds. The molecular formula is C20H10ClF5N4O3S. The van der Waals surface area contributed by atoms with E-state index in [1.165, 1.54) is 12.3 Å². The number of H-pyrrole nitrogens is 1. The number of alkyl halides is 3. The van der Waals surface area contributed by atoms with Gasteiger partial charge in [-0.2, -0.15) is 21.6 Å². The molecule has 0 saturated heterocycles. The summed E-state index contributed by atoms with van der Waals surface area (Å²) in [7, 11) is -4.68. The fraction of sp³-hybridized carbons (Fsp3) is 0.0500. The number of halogens is 6. The van der Waals surface area contributed by atoms with E-state index >= 15 is 4.39 Å². The van der Waals surface area contributed by atoms with E-state index in [9.17, 15) is 30.8 Å². The average Bonchev–Trinajstić information content (AvgIpc) is 3.18. The smallest absolute Gasteiger partial charge is 0.345 e. The summed E-state index contributed by atoms with van der Waals surface area (Å²) in [6.45, 7) is 0. The molecule has 0 saturated carbocycles. The van der Waals surface area contributed by atoms with Gasteiger partial charge in [0.15, 0.2) is 10.8 Å². The zero-order chi connectivity index (χ0) is 24.8. The summed E-state index contributed by atoms with van der Waals surface area (Å²) in [5.74, 6) is -3.94. The van der Waals surface area contributed by atoms with E-state index < -0.39 is 55.5 Å². The number of carbonyl (C=O) groups is 1. The number of rotatable bonds is 5. The highest BCUT2D eigenvalue weighted by Crippen LogP contribution is 2.31. The van der Waals surface area contributed by atoms with Gasteiger partial charge in [-0.15, -0.1) is 0 Å². The molecule has 0 radical (unpaired) electrons. The maximum atomic E-state index is 15.1. The van der Waals surface area contributed by atoms with Gasteiger partial charge in [0.05, 0.1) is 21.8 Å². The Labute approximate surface area is 192 Å². The van der Waals surface area contributed by atoms with Crippen molar-refractivity contribution >= 4 is 44.1 Å². The lowest BCUT2D eigenvalue weighted by Gasteiger charge is -2.12. The van der Waals surface area contributed by atoms with Gasteiger partial charge in [-0.05, 0) is 30.3 Å². The van der Waals surface area contributed by atoms with Crippen molar-refractivity contribution in [2.45, 2.75) is 11.2 Å². The van der Waals surface area contributed by atoms with E-state index in [1.807, 2.05) is 0 Å². The molecule has 0 unspecified atom stereocenters. The molecular weight excluding hydrogens is 507 g/mol. The quantitative estimate of drug-likeness (QED) is 0.289. The molecule has 0 bridgehead atoms. The van der Waals surface area contributed by atoms with Crippen LogP contribution in [0.3, 0.4) is 0 Å². The summed E-state index contributed by atoms with van der Waals surface area (Å²) >= 11 is 5.87. The monoisotopic (exact) mass is 516 g/mol. The summed E-state index contributed by atoms with van der Waals surface area (Å²) in [4.78, 5) is 22.8. The standard InChI is InChI=1S/C20H10ClF5N4O3S/c21-10-5-11-12(8-29-19(11)28-7-10)18(31)16-13(22)2-3-14(17(16)23)30-34(32,33)15-4-1-9(6-27-15)20(24,25)26/h1-8,30H,(H,28,29). The zero-order valence-electron chi connectivity index (χ0n) is 16.4. The van der Waals surface area contributed by atoms with Crippen LogP contribution >= 0.6 is 11.6 Å². The zero-order valence-corrected chi connectivity index (χ0v) is 18.0. The maximum absolute atomic E-state index is 15.1. The predicted octanol–water partition coefficient (Wildman–Crippen LogP) is 4.94. The van der Waals surface area contributed by atoms with Gasteiger partial charge in [0.1, 0.15) is 11.5 Å². The van der Waals surface area contributed by atoms with Gasteiger partial charge >= 0.3 is 6.18 Å². The number of carbonyl (C=O) groups excluding carboxylic acids is 1. The minimum atomic E-state index is -4.75. The van der Waals surface area contributed by atoms with E-state index in [0.717, 1.165) is 12.3 Å². The number of ketones is 1. The van der Waals surface area contributed by atoms with Crippen molar-refractivity contribution in [2.24, 2.45) is 0 Å². The highest BCUT2D eigenvalue weighted by atomic mass is 35.5. The third kappa shape index (κ3) is 4.31. The van der Waals surface area contributed by atoms with Crippen LogP contribution in [0.15, 0.2) is 53.9 Å². The van der Waals surface area contributed by atoms with Crippen LogP contribution in [-0.4, -0.2) is 29.2 Å². The lowest BCUT2D eigenvalue weighted by molar-refractivity contribution is -0.137. The molecule has 1 aromatic carbocycles. The van der Waals surface area contributed by atoms with E-state index in [0.29, 0.717) is 24.4 Å². The van der Waals surface area contributed by atoms with Crippen molar-refractivity contribution < 1.29 is 35.2 Å². The van der Waals surface area contributed by atoms with Crippen molar-refractivity contribution in [3.63, 3.8) is 0 Å². The van der Waals surface area contributed by atoms with Gasteiger partial charge in [0.2, 0.25) is 5.78 Å². The predicted molar refractivity (Wildman–Crippen MR) is 111 cm³/mol. The number of nitrogens with one attached hydrogen (secondary N) is 2. The third-order valence-corrected chi connectivity index (χ3v) is 6.13. The summed E-state index contributed by atoms with van der Waals surface area (Å²) in [5, 5.41) is -0.515. The summed E-state index contributed by atoms with van der Waals surface area (Å²) in [5.41, 5.74) is -3.03. The number of fused-ring (bicyclic) bond motifs is 1. The van der Waals surface area contributed by atoms with Crippen LogP contribution < -0.4 is 4.72 Å². The number of sulfonamides is 1. The van der Waals surface area contributed by atoms with Gasteiger partial charge in [-0.25, -0.2) is 18.7 Å². The normalized spacial score (nSPS) is 12.2. The first-order valence-electron chi connectivity index (χ1n) is 9.10. The van der Waals surface area contributed by atoms with Gasteiger partial charge in [0.25, 0.3) is 10.0 Å². The number of hydrogen-bond acceptors (Lipinski definition) is 5. The molecule has 2 N–H and O–H groups in total. The number of nitrogens with zero attached hydrogens (tertiary/aromatic N) is 2. The minimum absolute atomic E-state index is 0.160. The SMILES string of the molecule is O=C(c1c(F)ccc(NS(=O)(=O)c2ccc(C(F)(F)F)cn2)c1F)c1c[nH]c2ncc(Cl)cc12. The van der Waals surface area contributed by atoms with E-state index in [4.69, 9.17) is 11.6 Å². The summed E-state index contributed by atoms with van der Waals surface area (Å²) in [6, 6.07) is 3.78. The van der Waals surface area contributed by atoms with Crippen molar-refractivity contribution in [1.29, 1.82) is 0 Å². The van der Waals surface area contributed by atoms with Crippen LogP contribution in [0.4, 0.5) is 27.6 Å². The largest absolute Gasteiger partial charge is 0.417 e. The second kappa shape index (κ2) is 8.33. The first-order valence-corrected chi connectivity index (χ1v) is 11.0. The molecule has 0 aliphatic carbocycles. The number of benzene rings is 1. The second-order valence-corrected chi connectivity index (χ2v) is 8.92. The van der Waals surface area contributed by atoms with Crippen LogP contribution in [-0.2, 0) is 16.2 Å². The number of aromatic amines is 1. The topological polar surface area (TPSA) is 105 Å². The van der Waals surface area contributed by atoms with Gasteiger partial charge in [0, 0.05) is 29.5 Å². The molecule has 0 atom stereocenters. The molecule has 0 aliphatic rings. The lowest BCUT2D eigenvalue weighted by atomic mass is 10.0. The van der Waals surface area contributed by atoms with E-state index in [1.54, 1.807) is 4.72 Å². The highest BCUT2D eigenvalue weighted by Gasteiger charge is 2.32. The highest BCUT2D eigenvalue weighted by molar-refractivity contribution is 7.92. The van der Waals surface area contributed by atoms with Crippen LogP contribution in [0, 0.1) is 11.6 Å². The Kier molecular flexibility index (Phi) is 5.77. The summed E-state index contributed by atoms with van der Waals surface area (Å²) < 4.78 is 94.3. The van der Waals surface area contributed by atoms with Crippen molar-refractivity contribution in [3.8, 4) is 0 Å². The number of anilines is 1. The van der Waals surface area contributed by atoms with Crippen molar-refractivity contribution in [1.82, 2.24) is 15.0 Å². The molecule has 3 heterocycles. The Bertz CT molecular complexity index is 1540. The summed E-state index contributed by atoms with van der Waals surface area (Å²) in [6.07, 6.45) is -2.00. The molecule has 0 aliphatic heterocycles. The van der Waals surface area contributed by atoms with E-state index in [2.05, 4.69) is 15.0 Å². The molecule has 14 heteroatoms. The van der Waals surface area contributed by atoms with Crippen molar-refractivity contribution in [3.05, 3.63) is 82.3 Å². The first-order chi connectivity index (χ1) is 15.9. The molecule has 7 nitrogen and oxygen atoms in total. The van der Waals surface area contributed by atoms with Gasteiger partial charge in [-0.3, -0.25) is 9.52 Å². The minimum Gasteiger partial charge on any atom is -0.345 e. The molecule has 4 rings (SSSR count). The Morgan fingerprint density at radius 3 is 2.44 bits per heavy atom. The molecule has 4 aromatic rings. The fourth-order valence-electron chi connectivity index (χ4n) is 3.04. The molecule has 3 aromatic heterocycles. The van der Waals surface area contributed by atoms with Gasteiger partial charge in [-0.1, -0.05) is 11.6 Å². The third-order valence-electron chi connectivity index (χ3n) is 4.64. The number of hydrogen-bond donors (Lipinski definition) is 2. The Balaban J connectivity index is 1.71. The van der Waals surface area contributed by atoms with Crippen LogP contribution in [0.1, 0.15) is 21.5 Å². The van der Waals surface area contributed by atoms with E-state index in [-0.39, 0.29) is 21.6 Å². The Morgan fingerprint density at radius 2 is 1.79 bits per heavy atom. The molecule has 34 heavy (non-hydrogen) atoms. The second-order valence-electron chi connectivity index (χ2n) is 6.85. The lowest BCUT2D eigenvalue weighted by Crippen LogP contribution is -2.18. The molecule has 176 valence electrons. The first kappa shape index (κ1) is 23.6. The molecule has 0 spiro atoms. The fourth-order valence-corrected chi connectivity index (χ4v) is 4.19. The Morgan fingerprint density at radius 1 is 1.06 bits per heavy atom. The number of pyridine rings is 2. The maximum Gasteiger partial charge on any atom is 0.417 e. The average molecular weight is 517 g/mol. The number of aromatic nitrogens is 3. The van der Waals surface area contributed by atoms with Crippen LogP contribution in [0.2, 0.25) is 5.02 Å².